The maximum atomic E-state index is 13.3. The van der Waals surface area contributed by atoms with Crippen LogP contribution in [-0.2, 0) is 17.4 Å². The highest BCUT2D eigenvalue weighted by Crippen LogP contribution is 2.41. The molecule has 5 rings (SSSR count). The second-order valence-electron chi connectivity index (χ2n) is 8.74. The summed E-state index contributed by atoms with van der Waals surface area (Å²) >= 11 is 0. The quantitative estimate of drug-likeness (QED) is 0.420. The summed E-state index contributed by atoms with van der Waals surface area (Å²) in [4.78, 5) is 21.4. The molecule has 1 amide bonds. The number of amidine groups is 1. The molecule has 0 saturated carbocycles. The Morgan fingerprint density at radius 3 is 2.47 bits per heavy atom. The molecule has 1 saturated heterocycles. The molecular formula is C27H23F4N3O2. The Morgan fingerprint density at radius 2 is 1.69 bits per heavy atom. The van der Waals surface area contributed by atoms with E-state index in [1.165, 1.54) is 18.2 Å². The van der Waals surface area contributed by atoms with E-state index in [2.05, 4.69) is 0 Å². The van der Waals surface area contributed by atoms with Gasteiger partial charge < -0.3 is 14.5 Å². The van der Waals surface area contributed by atoms with Gasteiger partial charge in [-0.05, 0) is 54.4 Å². The first-order valence-corrected chi connectivity index (χ1v) is 11.6. The van der Waals surface area contributed by atoms with Crippen LogP contribution in [0.5, 0.6) is 11.5 Å². The van der Waals surface area contributed by atoms with Gasteiger partial charge in [0.2, 0.25) is 5.91 Å². The van der Waals surface area contributed by atoms with Crippen LogP contribution in [0.3, 0.4) is 0 Å². The van der Waals surface area contributed by atoms with Crippen molar-refractivity contribution in [1.82, 2.24) is 9.80 Å². The average Bonchev–Trinajstić information content (AvgIpc) is 3.19. The summed E-state index contributed by atoms with van der Waals surface area (Å²) in [5.74, 6) is 0.666. The minimum Gasteiger partial charge on any atom is -0.454 e. The molecule has 0 spiro atoms. The number of nitrogens with zero attached hydrogens (tertiary/aromatic N) is 3. The van der Waals surface area contributed by atoms with Crippen LogP contribution in [-0.4, -0.2) is 47.7 Å². The molecule has 0 atom stereocenters. The van der Waals surface area contributed by atoms with Gasteiger partial charge in [0.15, 0.2) is 5.75 Å². The van der Waals surface area contributed by atoms with E-state index in [0.29, 0.717) is 55.4 Å². The first kappa shape index (κ1) is 23.8. The first-order chi connectivity index (χ1) is 17.3. The van der Waals surface area contributed by atoms with Crippen LogP contribution in [0.4, 0.5) is 23.2 Å². The zero-order valence-corrected chi connectivity index (χ0v) is 19.3. The van der Waals surface area contributed by atoms with Crippen LogP contribution in [0.15, 0.2) is 71.7 Å². The Balaban J connectivity index is 1.39. The fourth-order valence-electron chi connectivity index (χ4n) is 4.41. The van der Waals surface area contributed by atoms with Gasteiger partial charge in [-0.3, -0.25) is 4.79 Å². The molecule has 9 heteroatoms. The molecule has 1 fully saturated rings. The molecule has 2 aliphatic rings. The second-order valence-corrected chi connectivity index (χ2v) is 8.74. The minimum atomic E-state index is -4.49. The van der Waals surface area contributed by atoms with E-state index in [4.69, 9.17) is 9.73 Å². The molecule has 2 heterocycles. The summed E-state index contributed by atoms with van der Waals surface area (Å²) in [5, 5.41) is 0. The van der Waals surface area contributed by atoms with Crippen LogP contribution in [0.25, 0.3) is 0 Å². The van der Waals surface area contributed by atoms with Crippen molar-refractivity contribution < 1.29 is 27.1 Å². The lowest BCUT2D eigenvalue weighted by Crippen LogP contribution is -2.38. The van der Waals surface area contributed by atoms with Crippen molar-refractivity contribution in [2.24, 2.45) is 4.99 Å². The van der Waals surface area contributed by atoms with Crippen LogP contribution >= 0.6 is 0 Å². The average molecular weight is 497 g/mol. The number of benzene rings is 3. The summed E-state index contributed by atoms with van der Waals surface area (Å²) in [6.07, 6.45) is -3.62. The maximum Gasteiger partial charge on any atom is 0.416 e. The molecule has 0 aliphatic carbocycles. The molecule has 3 aromatic rings. The smallest absolute Gasteiger partial charge is 0.416 e. The molecule has 0 aromatic heterocycles. The molecule has 0 N–H and O–H groups in total. The van der Waals surface area contributed by atoms with E-state index in [-0.39, 0.29) is 23.9 Å². The molecule has 5 nitrogen and oxygen atoms in total. The van der Waals surface area contributed by atoms with E-state index in [9.17, 15) is 22.4 Å². The summed E-state index contributed by atoms with van der Waals surface area (Å²) < 4.78 is 58.9. The number of halogens is 4. The highest BCUT2D eigenvalue weighted by molar-refractivity contribution is 6.03. The number of amides is 1. The molecule has 3 aromatic carbocycles. The lowest BCUT2D eigenvalue weighted by molar-refractivity contribution is -0.137. The predicted octanol–water partition coefficient (Wildman–Crippen LogP) is 5.81. The number of carbonyl (C=O) groups excluding carboxylic acids is 1. The van der Waals surface area contributed by atoms with Gasteiger partial charge in [-0.1, -0.05) is 24.3 Å². The maximum absolute atomic E-state index is 13.3. The zero-order valence-electron chi connectivity index (χ0n) is 19.3. The fraction of sp³-hybridized carbons (Fsp3) is 0.259. The third-order valence-corrected chi connectivity index (χ3v) is 6.28. The number of hydrogen-bond acceptors (Lipinski definition) is 4. The number of hydrogen-bond donors (Lipinski definition) is 0. The van der Waals surface area contributed by atoms with Crippen molar-refractivity contribution in [3.63, 3.8) is 0 Å². The Kier molecular flexibility index (Phi) is 6.38. The van der Waals surface area contributed by atoms with E-state index in [1.807, 2.05) is 17.0 Å². The lowest BCUT2D eigenvalue weighted by Gasteiger charge is -2.25. The Labute approximate surface area is 205 Å². The highest BCUT2D eigenvalue weighted by Gasteiger charge is 2.32. The molecule has 0 bridgehead atoms. The topological polar surface area (TPSA) is 45.1 Å². The fourth-order valence-corrected chi connectivity index (χ4v) is 4.41. The zero-order chi connectivity index (χ0) is 25.3. The summed E-state index contributed by atoms with van der Waals surface area (Å²) in [6.45, 7) is 2.14. The lowest BCUT2D eigenvalue weighted by atomic mass is 10.1. The van der Waals surface area contributed by atoms with E-state index < -0.39 is 11.7 Å². The van der Waals surface area contributed by atoms with Crippen LogP contribution in [0, 0.1) is 5.82 Å². The second kappa shape index (κ2) is 9.64. The van der Waals surface area contributed by atoms with Gasteiger partial charge in [0.25, 0.3) is 0 Å². The number of carbonyl (C=O) groups is 1. The van der Waals surface area contributed by atoms with Crippen LogP contribution < -0.4 is 4.74 Å². The van der Waals surface area contributed by atoms with Gasteiger partial charge in [0, 0.05) is 26.2 Å². The third kappa shape index (κ3) is 5.05. The Morgan fingerprint density at radius 1 is 0.917 bits per heavy atom. The number of aliphatic imine (C=N–C) groups is 1. The number of ether oxygens (including phenoxy) is 1. The first-order valence-electron chi connectivity index (χ1n) is 11.6. The SMILES string of the molecule is O=C(Cc1ccc(F)cc1)N1CCCN(C2=Nc3ccc(C(F)(F)F)cc3Oc3ccccc32)CC1. The molecule has 36 heavy (non-hydrogen) atoms. The van der Waals surface area contributed by atoms with E-state index in [1.54, 1.807) is 29.2 Å². The minimum absolute atomic E-state index is 0.0400. The van der Waals surface area contributed by atoms with Crippen molar-refractivity contribution in [2.45, 2.75) is 19.0 Å². The predicted molar refractivity (Wildman–Crippen MR) is 127 cm³/mol. The molecule has 186 valence electrons. The standard InChI is InChI=1S/C27H23F4N3O2/c28-20-9-6-18(7-10-20)16-25(35)33-12-3-13-34(15-14-33)26-21-4-1-2-5-23(21)36-24-17-19(27(29,30)31)8-11-22(24)32-26/h1-2,4-11,17H,3,12-16H2. The number of rotatable bonds is 2. The summed E-state index contributed by atoms with van der Waals surface area (Å²) in [7, 11) is 0. The van der Waals surface area contributed by atoms with Gasteiger partial charge >= 0.3 is 6.18 Å². The molecule has 0 unspecified atom stereocenters. The Hall–Kier alpha value is -3.88. The van der Waals surface area contributed by atoms with Gasteiger partial charge in [-0.15, -0.1) is 0 Å². The van der Waals surface area contributed by atoms with Crippen LogP contribution in [0.1, 0.15) is 23.1 Å². The molecule has 2 aliphatic heterocycles. The van der Waals surface area contributed by atoms with E-state index in [0.717, 1.165) is 17.7 Å². The van der Waals surface area contributed by atoms with E-state index >= 15 is 0 Å². The normalized spacial score (nSPS) is 15.7. The van der Waals surface area contributed by atoms with Crippen molar-refractivity contribution in [2.75, 3.05) is 26.2 Å². The van der Waals surface area contributed by atoms with Crippen molar-refractivity contribution in [3.05, 3.63) is 89.2 Å². The van der Waals surface area contributed by atoms with Crippen LogP contribution in [0.2, 0.25) is 0 Å². The third-order valence-electron chi connectivity index (χ3n) is 6.28. The van der Waals surface area contributed by atoms with Crippen molar-refractivity contribution in [3.8, 4) is 11.5 Å². The van der Waals surface area contributed by atoms with Gasteiger partial charge in [-0.2, -0.15) is 13.2 Å². The number of fused-ring (bicyclic) bond motifs is 2. The van der Waals surface area contributed by atoms with Crippen molar-refractivity contribution in [1.29, 1.82) is 0 Å². The molecule has 0 radical (unpaired) electrons. The van der Waals surface area contributed by atoms with Gasteiger partial charge in [0.1, 0.15) is 23.1 Å². The van der Waals surface area contributed by atoms with Gasteiger partial charge in [-0.25, -0.2) is 9.38 Å². The Bertz CT molecular complexity index is 1310. The summed E-state index contributed by atoms with van der Waals surface area (Å²) in [5.41, 5.74) is 0.926. The molecular weight excluding hydrogens is 474 g/mol. The largest absolute Gasteiger partial charge is 0.454 e. The highest BCUT2D eigenvalue weighted by atomic mass is 19.4. The number of alkyl halides is 3. The summed E-state index contributed by atoms with van der Waals surface area (Å²) in [6, 6.07) is 16.3. The number of para-hydroxylation sites is 1. The monoisotopic (exact) mass is 497 g/mol. The van der Waals surface area contributed by atoms with Gasteiger partial charge in [0.05, 0.1) is 17.5 Å². The van der Waals surface area contributed by atoms with Crippen molar-refractivity contribution >= 4 is 17.4 Å².